The van der Waals surface area contributed by atoms with E-state index < -0.39 is 10.0 Å². The van der Waals surface area contributed by atoms with Crippen LogP contribution in [0.5, 0.6) is 0 Å². The molecule has 2 aliphatic rings. The third-order valence-corrected chi connectivity index (χ3v) is 8.57. The molecule has 2 saturated heterocycles. The first-order valence-electron chi connectivity index (χ1n) is 11.1. The number of benzene rings is 1. The van der Waals surface area contributed by atoms with E-state index in [-0.39, 0.29) is 16.8 Å². The van der Waals surface area contributed by atoms with Crippen LogP contribution in [0.1, 0.15) is 34.2 Å². The number of morpholine rings is 1. The summed E-state index contributed by atoms with van der Waals surface area (Å²) in [4.78, 5) is 20.8. The Labute approximate surface area is 190 Å². The van der Waals surface area contributed by atoms with Gasteiger partial charge in [0.25, 0.3) is 5.91 Å². The van der Waals surface area contributed by atoms with Gasteiger partial charge in [0.05, 0.1) is 13.2 Å². The lowest BCUT2D eigenvalue weighted by Gasteiger charge is -2.41. The van der Waals surface area contributed by atoms with Crippen molar-refractivity contribution in [2.75, 3.05) is 50.8 Å². The predicted molar refractivity (Wildman–Crippen MR) is 124 cm³/mol. The zero-order valence-electron chi connectivity index (χ0n) is 19.2. The number of hydrogen-bond donors (Lipinski definition) is 1. The molecule has 9 heteroatoms. The Balaban J connectivity index is 1.54. The maximum atomic E-state index is 13.4. The highest BCUT2D eigenvalue weighted by Crippen LogP contribution is 2.29. The number of amides is 1. The van der Waals surface area contributed by atoms with Gasteiger partial charge in [-0.1, -0.05) is 12.1 Å². The summed E-state index contributed by atoms with van der Waals surface area (Å²) in [6.07, 6.45) is 0. The minimum absolute atomic E-state index is 0.148. The molecule has 0 unspecified atom stereocenters. The Kier molecular flexibility index (Phi) is 6.33. The van der Waals surface area contributed by atoms with E-state index in [0.717, 1.165) is 12.2 Å². The second-order valence-electron chi connectivity index (χ2n) is 8.73. The summed E-state index contributed by atoms with van der Waals surface area (Å²) in [5.41, 5.74) is 3.73. The first-order valence-corrected chi connectivity index (χ1v) is 12.5. The molecule has 4 rings (SSSR count). The second-order valence-corrected chi connectivity index (χ2v) is 10.6. The van der Waals surface area contributed by atoms with Crippen molar-refractivity contribution in [1.29, 1.82) is 0 Å². The number of piperazine rings is 1. The largest absolute Gasteiger partial charge is 0.379 e. The molecular weight excluding hydrogens is 428 g/mol. The van der Waals surface area contributed by atoms with Crippen molar-refractivity contribution in [1.82, 2.24) is 14.2 Å². The van der Waals surface area contributed by atoms with Crippen molar-refractivity contribution in [2.24, 2.45) is 0 Å². The van der Waals surface area contributed by atoms with E-state index in [1.54, 1.807) is 13.8 Å². The van der Waals surface area contributed by atoms with Gasteiger partial charge in [-0.2, -0.15) is 4.31 Å². The van der Waals surface area contributed by atoms with Gasteiger partial charge in [-0.3, -0.25) is 4.79 Å². The molecular formula is C23H32N4O4S. The molecule has 0 spiro atoms. The summed E-state index contributed by atoms with van der Waals surface area (Å²) in [7, 11) is -3.68. The van der Waals surface area contributed by atoms with E-state index in [1.165, 1.54) is 9.87 Å². The van der Waals surface area contributed by atoms with E-state index in [9.17, 15) is 13.2 Å². The van der Waals surface area contributed by atoms with Gasteiger partial charge in [-0.05, 0) is 51.0 Å². The molecule has 0 radical (unpaired) electrons. The third kappa shape index (κ3) is 4.16. The van der Waals surface area contributed by atoms with Crippen molar-refractivity contribution < 1.29 is 17.9 Å². The van der Waals surface area contributed by atoms with Crippen molar-refractivity contribution in [3.05, 3.63) is 46.8 Å². The Morgan fingerprint density at radius 2 is 1.81 bits per heavy atom. The van der Waals surface area contributed by atoms with Gasteiger partial charge in [0, 0.05) is 50.1 Å². The number of rotatable bonds is 4. The molecule has 1 aromatic carbocycles. The molecule has 2 fully saturated rings. The number of sulfonamides is 1. The van der Waals surface area contributed by atoms with Crippen LogP contribution in [0.2, 0.25) is 0 Å². The van der Waals surface area contributed by atoms with Crippen molar-refractivity contribution in [3.8, 4) is 0 Å². The lowest BCUT2D eigenvalue weighted by Crippen LogP contribution is -2.54. The highest BCUT2D eigenvalue weighted by Gasteiger charge is 2.35. The van der Waals surface area contributed by atoms with Crippen molar-refractivity contribution >= 4 is 21.6 Å². The lowest BCUT2D eigenvalue weighted by atomic mass is 10.1. The van der Waals surface area contributed by atoms with E-state index in [1.807, 2.05) is 4.90 Å². The minimum Gasteiger partial charge on any atom is -0.379 e. The molecule has 0 saturated carbocycles. The van der Waals surface area contributed by atoms with E-state index >= 15 is 0 Å². The van der Waals surface area contributed by atoms with Gasteiger partial charge < -0.3 is 19.5 Å². The number of aromatic amines is 1. The molecule has 1 atom stereocenters. The van der Waals surface area contributed by atoms with Crippen LogP contribution in [0.15, 0.2) is 29.2 Å². The molecule has 3 heterocycles. The van der Waals surface area contributed by atoms with Crippen LogP contribution in [0.4, 0.5) is 5.69 Å². The summed E-state index contributed by atoms with van der Waals surface area (Å²) >= 11 is 0. The zero-order chi connectivity index (χ0) is 23.0. The quantitative estimate of drug-likeness (QED) is 0.757. The van der Waals surface area contributed by atoms with Crippen LogP contribution in [0, 0.1) is 20.8 Å². The number of nitrogens with one attached hydrogen (secondary N) is 1. The maximum Gasteiger partial charge on any atom is 0.270 e. The average Bonchev–Trinajstić information content (AvgIpc) is 3.08. The van der Waals surface area contributed by atoms with Crippen LogP contribution >= 0.6 is 0 Å². The molecule has 1 N–H and O–H groups in total. The monoisotopic (exact) mass is 460 g/mol. The SMILES string of the molecule is Cc1cccc(N2CCN(C(=O)c3[nH]c(C)c(S(=O)(=O)N4CCOCC4)c3C)C[C@@H]2C)c1. The third-order valence-electron chi connectivity index (χ3n) is 6.40. The summed E-state index contributed by atoms with van der Waals surface area (Å²) in [5, 5.41) is 0. The second kappa shape index (κ2) is 8.88. The number of carbonyl (C=O) groups is 1. The fourth-order valence-electron chi connectivity index (χ4n) is 4.74. The van der Waals surface area contributed by atoms with Gasteiger partial charge in [0.1, 0.15) is 10.6 Å². The number of aryl methyl sites for hydroxylation is 2. The van der Waals surface area contributed by atoms with Crippen molar-refractivity contribution in [3.63, 3.8) is 0 Å². The van der Waals surface area contributed by atoms with Crippen LogP contribution in [-0.4, -0.2) is 80.5 Å². The molecule has 174 valence electrons. The van der Waals surface area contributed by atoms with Crippen LogP contribution in [0.25, 0.3) is 0 Å². The number of carbonyl (C=O) groups excluding carboxylic acids is 1. The minimum atomic E-state index is -3.68. The molecule has 8 nitrogen and oxygen atoms in total. The average molecular weight is 461 g/mol. The standard InChI is InChI=1S/C23H32N4O4S/c1-16-6-5-7-20(14-16)27-9-8-25(15-17(27)2)23(28)21-18(3)22(19(4)24-21)32(29,30)26-10-12-31-13-11-26/h5-7,14,17,24H,8-13,15H2,1-4H3/t17-/m0/s1. The van der Waals surface area contributed by atoms with Gasteiger partial charge in [0.15, 0.2) is 0 Å². The summed E-state index contributed by atoms with van der Waals surface area (Å²) < 4.78 is 33.2. The van der Waals surface area contributed by atoms with Crippen molar-refractivity contribution in [2.45, 2.75) is 38.6 Å². The summed E-state index contributed by atoms with van der Waals surface area (Å²) in [6, 6.07) is 8.54. The topological polar surface area (TPSA) is 86.0 Å². The fourth-order valence-corrected chi connectivity index (χ4v) is 6.55. The fraction of sp³-hybridized carbons (Fsp3) is 0.522. The Morgan fingerprint density at radius 3 is 2.47 bits per heavy atom. The lowest BCUT2D eigenvalue weighted by molar-refractivity contribution is 0.0719. The molecule has 2 aliphatic heterocycles. The summed E-state index contributed by atoms with van der Waals surface area (Å²) in [5.74, 6) is -0.148. The molecule has 2 aromatic rings. The highest BCUT2D eigenvalue weighted by atomic mass is 32.2. The van der Waals surface area contributed by atoms with Gasteiger partial charge in [0.2, 0.25) is 10.0 Å². The van der Waals surface area contributed by atoms with Crippen LogP contribution < -0.4 is 4.90 Å². The number of hydrogen-bond acceptors (Lipinski definition) is 5. The molecule has 1 amide bonds. The Morgan fingerprint density at radius 1 is 1.09 bits per heavy atom. The first-order chi connectivity index (χ1) is 15.2. The smallest absolute Gasteiger partial charge is 0.270 e. The van der Waals surface area contributed by atoms with Gasteiger partial charge >= 0.3 is 0 Å². The predicted octanol–water partition coefficient (Wildman–Crippen LogP) is 2.31. The summed E-state index contributed by atoms with van der Waals surface area (Å²) in [6.45, 7) is 10.9. The molecule has 32 heavy (non-hydrogen) atoms. The molecule has 0 aliphatic carbocycles. The highest BCUT2D eigenvalue weighted by molar-refractivity contribution is 7.89. The molecule has 1 aromatic heterocycles. The van der Waals surface area contributed by atoms with E-state index in [0.29, 0.717) is 56.3 Å². The number of ether oxygens (including phenoxy) is 1. The van der Waals surface area contributed by atoms with Crippen LogP contribution in [-0.2, 0) is 14.8 Å². The number of anilines is 1. The number of nitrogens with zero attached hydrogens (tertiary/aromatic N) is 3. The van der Waals surface area contributed by atoms with E-state index in [4.69, 9.17) is 4.74 Å². The van der Waals surface area contributed by atoms with Gasteiger partial charge in [-0.25, -0.2) is 8.42 Å². The zero-order valence-corrected chi connectivity index (χ0v) is 20.0. The normalized spacial score (nSPS) is 20.6. The van der Waals surface area contributed by atoms with Crippen LogP contribution in [0.3, 0.4) is 0 Å². The maximum absolute atomic E-state index is 13.4. The first kappa shape index (κ1) is 22.8. The Hall–Kier alpha value is -2.36. The van der Waals surface area contributed by atoms with Gasteiger partial charge in [-0.15, -0.1) is 0 Å². The number of H-pyrrole nitrogens is 1. The van der Waals surface area contributed by atoms with E-state index in [2.05, 4.69) is 48.0 Å². The number of aromatic nitrogens is 1. The molecule has 0 bridgehead atoms. The Bertz CT molecular complexity index is 1110.